The molecule has 4 saturated heterocycles. The lowest BCUT2D eigenvalue weighted by molar-refractivity contribution is 0.0142. The molecule has 0 saturated carbocycles. The van der Waals surface area contributed by atoms with Gasteiger partial charge in [-0.1, -0.05) is 34.8 Å². The number of likely N-dealkylation sites (tertiary alicyclic amines) is 2. The number of hydrogen-bond acceptors (Lipinski definition) is 10. The molecule has 15 heteroatoms. The highest BCUT2D eigenvalue weighted by molar-refractivity contribution is 6.31. The van der Waals surface area contributed by atoms with E-state index in [1.165, 1.54) is 38.1 Å². The van der Waals surface area contributed by atoms with Crippen LogP contribution in [0.15, 0.2) is 24.8 Å². The van der Waals surface area contributed by atoms with Gasteiger partial charge in [-0.05, 0) is 130 Å². The van der Waals surface area contributed by atoms with E-state index in [1.54, 1.807) is 12.4 Å². The summed E-state index contributed by atoms with van der Waals surface area (Å²) in [5.41, 5.74) is -0.811. The summed E-state index contributed by atoms with van der Waals surface area (Å²) in [4.78, 5) is 46.0. The molecule has 4 aliphatic heterocycles. The number of carbonyl (C=O) groups excluding carboxylic acids is 2. The average molecular weight is 798 g/mol. The summed E-state index contributed by atoms with van der Waals surface area (Å²) < 4.78 is 10.9. The first kappa shape index (κ1) is 43.1. The lowest BCUT2D eigenvalue weighted by atomic mass is 9.79. The molecule has 6 heterocycles. The van der Waals surface area contributed by atoms with Crippen molar-refractivity contribution in [1.82, 2.24) is 35.1 Å². The molecule has 0 atom stereocenters. The van der Waals surface area contributed by atoms with E-state index in [0.29, 0.717) is 21.4 Å². The molecule has 4 fully saturated rings. The zero-order valence-electron chi connectivity index (χ0n) is 32.3. The molecule has 2 amide bonds. The number of aromatic nitrogens is 4. The van der Waals surface area contributed by atoms with Crippen molar-refractivity contribution in [3.8, 4) is 0 Å². The number of ether oxygens (including phenoxy) is 2. The Balaban J connectivity index is 0.000000202. The summed E-state index contributed by atoms with van der Waals surface area (Å²) in [6.45, 7) is 19.2. The molecule has 12 nitrogen and oxygen atoms in total. The molecule has 296 valence electrons. The van der Waals surface area contributed by atoms with Crippen LogP contribution < -0.4 is 10.2 Å². The Morgan fingerprint density at radius 3 is 1.25 bits per heavy atom. The molecular weight excluding hydrogens is 739 g/mol. The molecular formula is C38H59Cl3N8O4. The molecule has 0 aromatic carbocycles. The van der Waals surface area contributed by atoms with Gasteiger partial charge in [-0.15, -0.1) is 0 Å². The molecule has 2 aromatic heterocycles. The molecule has 2 aromatic rings. The highest BCUT2D eigenvalue weighted by Crippen LogP contribution is 2.34. The SMILES string of the molecule is CC(C)(C)OC(=O)N1CCC(C2CCN(c3cnc(Cl)cn3)CC2)CC1.CC(C)(C)OC(=O)N1CCC(C2CCNCC2)CC1.Clc1cnc(Cl)cn1. The van der Waals surface area contributed by atoms with Crippen LogP contribution in [0.3, 0.4) is 0 Å². The second-order valence-corrected chi connectivity index (χ2v) is 17.5. The lowest BCUT2D eigenvalue weighted by Crippen LogP contribution is -2.44. The van der Waals surface area contributed by atoms with Gasteiger partial charge < -0.3 is 29.5 Å². The van der Waals surface area contributed by atoms with Gasteiger partial charge >= 0.3 is 12.2 Å². The summed E-state index contributed by atoms with van der Waals surface area (Å²) in [6.07, 6.45) is 15.2. The molecule has 6 rings (SSSR count). The van der Waals surface area contributed by atoms with Gasteiger partial charge in [0.15, 0.2) is 0 Å². The van der Waals surface area contributed by atoms with E-state index < -0.39 is 5.60 Å². The first-order chi connectivity index (χ1) is 25.1. The number of anilines is 1. The van der Waals surface area contributed by atoms with E-state index in [2.05, 4.69) is 30.2 Å². The Labute approximate surface area is 331 Å². The lowest BCUT2D eigenvalue weighted by Gasteiger charge is -2.40. The van der Waals surface area contributed by atoms with Crippen LogP contribution in [0.4, 0.5) is 15.4 Å². The zero-order valence-corrected chi connectivity index (χ0v) is 34.6. The summed E-state index contributed by atoms with van der Waals surface area (Å²) in [7, 11) is 0. The minimum atomic E-state index is -0.425. The Morgan fingerprint density at radius 1 is 0.566 bits per heavy atom. The Hall–Kier alpha value is -2.67. The van der Waals surface area contributed by atoms with Crippen LogP contribution >= 0.6 is 34.8 Å². The van der Waals surface area contributed by atoms with E-state index in [0.717, 1.165) is 102 Å². The quantitative estimate of drug-likeness (QED) is 0.324. The zero-order chi connectivity index (χ0) is 38.6. The van der Waals surface area contributed by atoms with E-state index in [4.69, 9.17) is 44.3 Å². The number of nitrogens with zero attached hydrogens (tertiary/aromatic N) is 7. The van der Waals surface area contributed by atoms with Crippen LogP contribution in [0, 0.1) is 23.7 Å². The highest BCUT2D eigenvalue weighted by Gasteiger charge is 2.33. The van der Waals surface area contributed by atoms with E-state index in [9.17, 15) is 9.59 Å². The van der Waals surface area contributed by atoms with Crippen LogP contribution in [0.5, 0.6) is 0 Å². The minimum absolute atomic E-state index is 0.142. The molecule has 0 bridgehead atoms. The average Bonchev–Trinajstić information content (AvgIpc) is 3.13. The van der Waals surface area contributed by atoms with Gasteiger partial charge in [0.25, 0.3) is 0 Å². The van der Waals surface area contributed by atoms with Crippen LogP contribution in [0.2, 0.25) is 15.5 Å². The molecule has 0 radical (unpaired) electrons. The number of rotatable bonds is 3. The normalized spacial score (nSPS) is 19.8. The number of hydrogen-bond donors (Lipinski definition) is 1. The second kappa shape index (κ2) is 20.3. The maximum atomic E-state index is 12.2. The largest absolute Gasteiger partial charge is 0.444 e. The second-order valence-electron chi connectivity index (χ2n) is 16.4. The number of halogens is 3. The summed E-state index contributed by atoms with van der Waals surface area (Å²) in [6, 6.07) is 0. The van der Waals surface area contributed by atoms with Crippen molar-refractivity contribution in [2.24, 2.45) is 23.7 Å². The predicted molar refractivity (Wildman–Crippen MR) is 211 cm³/mol. The maximum Gasteiger partial charge on any atom is 0.410 e. The third kappa shape index (κ3) is 15.2. The van der Waals surface area contributed by atoms with Gasteiger partial charge in [0, 0.05) is 39.3 Å². The van der Waals surface area contributed by atoms with Crippen LogP contribution in [0.1, 0.15) is 92.9 Å². The Morgan fingerprint density at radius 2 is 0.906 bits per heavy atom. The summed E-state index contributed by atoms with van der Waals surface area (Å²) >= 11 is 16.6. The summed E-state index contributed by atoms with van der Waals surface area (Å²) in [5, 5.41) is 4.56. The van der Waals surface area contributed by atoms with Crippen molar-refractivity contribution < 1.29 is 19.1 Å². The highest BCUT2D eigenvalue weighted by atomic mass is 35.5. The van der Waals surface area contributed by atoms with Crippen molar-refractivity contribution in [2.45, 2.75) is 104 Å². The van der Waals surface area contributed by atoms with Gasteiger partial charge in [0.05, 0.1) is 24.8 Å². The smallest absolute Gasteiger partial charge is 0.410 e. The number of nitrogens with one attached hydrogen (secondary N) is 1. The monoisotopic (exact) mass is 796 g/mol. The number of amides is 2. The first-order valence-corrected chi connectivity index (χ1v) is 20.2. The molecule has 1 N–H and O–H groups in total. The fourth-order valence-corrected chi connectivity index (χ4v) is 7.73. The molecule has 0 spiro atoms. The van der Waals surface area contributed by atoms with Crippen LogP contribution in [0.25, 0.3) is 0 Å². The van der Waals surface area contributed by atoms with Crippen LogP contribution in [-0.2, 0) is 9.47 Å². The van der Waals surface area contributed by atoms with Crippen molar-refractivity contribution in [1.29, 1.82) is 0 Å². The fourth-order valence-electron chi connectivity index (χ4n) is 7.44. The molecule has 0 unspecified atom stereocenters. The molecule has 53 heavy (non-hydrogen) atoms. The first-order valence-electron chi connectivity index (χ1n) is 19.1. The van der Waals surface area contributed by atoms with Gasteiger partial charge in [-0.2, -0.15) is 0 Å². The van der Waals surface area contributed by atoms with Crippen LogP contribution in [-0.4, -0.2) is 105 Å². The topological polar surface area (TPSA) is 126 Å². The van der Waals surface area contributed by atoms with Gasteiger partial charge in [0.2, 0.25) is 0 Å². The Kier molecular flexibility index (Phi) is 16.5. The van der Waals surface area contributed by atoms with Crippen molar-refractivity contribution >= 4 is 52.8 Å². The van der Waals surface area contributed by atoms with Gasteiger partial charge in [-0.3, -0.25) is 0 Å². The fraction of sp³-hybridized carbons (Fsp3) is 0.737. The minimum Gasteiger partial charge on any atom is -0.444 e. The van der Waals surface area contributed by atoms with E-state index in [1.807, 2.05) is 51.3 Å². The predicted octanol–water partition coefficient (Wildman–Crippen LogP) is 8.41. The van der Waals surface area contributed by atoms with E-state index >= 15 is 0 Å². The number of carbonyl (C=O) groups is 2. The Bertz CT molecular complexity index is 1370. The van der Waals surface area contributed by atoms with Crippen molar-refractivity contribution in [3.05, 3.63) is 40.2 Å². The standard InChI is InChI=1S/C19H29ClN4O2.C15H28N2O2.C4H2Cl2N2/c1-19(2,3)26-18(25)24-10-6-15(7-11-24)14-4-8-23(9-5-14)17-13-21-16(20)12-22-17;1-15(2,3)19-14(18)17-10-6-13(7-11-17)12-4-8-16-9-5-12;5-3-1-7-4(6)2-8-3/h12-15H,4-11H2,1-3H3;12-13,16H,4-11H2,1-3H3;1-2H. The van der Waals surface area contributed by atoms with E-state index in [-0.39, 0.29) is 17.8 Å². The third-order valence-electron chi connectivity index (χ3n) is 10.2. The number of piperidine rings is 4. The third-order valence-corrected chi connectivity index (χ3v) is 10.7. The van der Waals surface area contributed by atoms with Crippen molar-refractivity contribution in [2.75, 3.05) is 57.3 Å². The van der Waals surface area contributed by atoms with Gasteiger partial charge in [0.1, 0.15) is 32.5 Å². The molecule has 4 aliphatic rings. The van der Waals surface area contributed by atoms with Crippen molar-refractivity contribution in [3.63, 3.8) is 0 Å². The summed E-state index contributed by atoms with van der Waals surface area (Å²) in [5.74, 6) is 4.01. The van der Waals surface area contributed by atoms with Gasteiger partial charge in [-0.25, -0.2) is 29.5 Å². The molecule has 0 aliphatic carbocycles. The maximum absolute atomic E-state index is 12.2.